The van der Waals surface area contributed by atoms with Crippen molar-refractivity contribution < 1.29 is 14.6 Å². The van der Waals surface area contributed by atoms with Crippen LogP contribution in [0.15, 0.2) is 52.1 Å². The number of aliphatic imine (C=N–C) groups is 1. The largest absolute Gasteiger partial charge is 0.469 e. The lowest BCUT2D eigenvalue weighted by atomic mass is 9.94. The van der Waals surface area contributed by atoms with E-state index in [9.17, 15) is 9.90 Å². The number of nitrogens with one attached hydrogen (secondary N) is 1. The summed E-state index contributed by atoms with van der Waals surface area (Å²) in [6.07, 6.45) is 2.86. The molecule has 6 nitrogen and oxygen atoms in total. The maximum atomic E-state index is 11.8. The third-order valence-electron chi connectivity index (χ3n) is 4.98. The number of esters is 1. The van der Waals surface area contributed by atoms with E-state index in [1.165, 1.54) is 7.11 Å². The van der Waals surface area contributed by atoms with E-state index in [1.807, 2.05) is 24.3 Å². The van der Waals surface area contributed by atoms with Crippen molar-refractivity contribution in [2.45, 2.75) is 44.4 Å². The fourth-order valence-corrected chi connectivity index (χ4v) is 3.88. The summed E-state index contributed by atoms with van der Waals surface area (Å²) in [5.74, 6) is -0.252. The quantitative estimate of drug-likeness (QED) is 0.621. The lowest BCUT2D eigenvalue weighted by molar-refractivity contribution is -0.140. The second kappa shape index (κ2) is 10.1. The van der Waals surface area contributed by atoms with E-state index < -0.39 is 6.10 Å². The number of aromatic nitrogens is 1. The number of aliphatic hydroxyl groups is 1. The van der Waals surface area contributed by atoms with Crippen LogP contribution in [0.3, 0.4) is 0 Å². The fourth-order valence-electron chi connectivity index (χ4n) is 3.52. The monoisotopic (exact) mass is 459 g/mol. The zero-order valence-corrected chi connectivity index (χ0v) is 18.2. The van der Waals surface area contributed by atoms with Gasteiger partial charge < -0.3 is 15.2 Å². The van der Waals surface area contributed by atoms with Crippen LogP contribution in [-0.4, -0.2) is 53.6 Å². The average molecular weight is 460 g/mol. The summed E-state index contributed by atoms with van der Waals surface area (Å²) in [6.45, 7) is 2.21. The molecule has 0 radical (unpaired) electrons. The zero-order valence-electron chi connectivity index (χ0n) is 16.6. The number of carbonyl (C=O) groups excluding carboxylic acids is 1. The van der Waals surface area contributed by atoms with Gasteiger partial charge in [0.15, 0.2) is 0 Å². The van der Waals surface area contributed by atoms with Crippen LogP contribution in [0.2, 0.25) is 0 Å². The highest BCUT2D eigenvalue weighted by Gasteiger charge is 2.29. The Morgan fingerprint density at radius 3 is 2.90 bits per heavy atom. The molecule has 2 aromatic rings. The predicted octanol–water partition coefficient (Wildman–Crippen LogP) is 2.90. The second-order valence-corrected chi connectivity index (χ2v) is 8.16. The van der Waals surface area contributed by atoms with Gasteiger partial charge in [-0.25, -0.2) is 0 Å². The van der Waals surface area contributed by atoms with Crippen molar-refractivity contribution in [2.24, 2.45) is 4.99 Å². The molecule has 1 aliphatic rings. The molecular formula is C22H26BrN3O3. The number of nitrogens with zero attached hydrogens (tertiary/aromatic N) is 2. The molecule has 1 aromatic heterocycles. The molecule has 7 heteroatoms. The molecule has 1 aliphatic heterocycles. The first kappa shape index (κ1) is 21.6. The number of methoxy groups -OCH3 is 1. The van der Waals surface area contributed by atoms with E-state index in [-0.39, 0.29) is 24.5 Å². The minimum absolute atomic E-state index is 0.0182. The van der Waals surface area contributed by atoms with Crippen molar-refractivity contribution in [2.75, 3.05) is 13.7 Å². The predicted molar refractivity (Wildman–Crippen MR) is 116 cm³/mol. The molecule has 0 saturated carbocycles. The normalized spacial score (nSPS) is 19.7. The van der Waals surface area contributed by atoms with Crippen LogP contribution in [0, 0.1) is 0 Å². The third kappa shape index (κ3) is 5.72. The van der Waals surface area contributed by atoms with E-state index in [1.54, 1.807) is 13.1 Å². The zero-order chi connectivity index (χ0) is 20.8. The van der Waals surface area contributed by atoms with Gasteiger partial charge >= 0.3 is 5.97 Å². The average Bonchev–Trinajstić information content (AvgIpc) is 2.87. The van der Waals surface area contributed by atoms with Crippen LogP contribution in [0.5, 0.6) is 0 Å². The maximum Gasteiger partial charge on any atom is 0.305 e. The van der Waals surface area contributed by atoms with Gasteiger partial charge in [-0.1, -0.05) is 28.1 Å². The number of rotatable bonds is 7. The highest BCUT2D eigenvalue weighted by atomic mass is 79.9. The van der Waals surface area contributed by atoms with Crippen molar-refractivity contribution in [1.29, 1.82) is 0 Å². The summed E-state index contributed by atoms with van der Waals surface area (Å²) < 4.78 is 5.80. The highest BCUT2D eigenvalue weighted by molar-refractivity contribution is 9.10. The summed E-state index contributed by atoms with van der Waals surface area (Å²) in [4.78, 5) is 21.4. The van der Waals surface area contributed by atoms with E-state index in [0.29, 0.717) is 13.0 Å². The Kier molecular flexibility index (Phi) is 7.52. The number of hydrogen-bond acceptors (Lipinski definition) is 6. The molecule has 0 aliphatic carbocycles. The number of carbonyl (C=O) groups is 1. The molecule has 2 N–H and O–H groups in total. The van der Waals surface area contributed by atoms with Crippen LogP contribution in [0.1, 0.15) is 36.6 Å². The fraction of sp³-hybridized carbons (Fsp3) is 0.409. The van der Waals surface area contributed by atoms with Crippen LogP contribution in [0.25, 0.3) is 0 Å². The van der Waals surface area contributed by atoms with Gasteiger partial charge in [-0.3, -0.25) is 14.8 Å². The maximum absolute atomic E-state index is 11.8. The second-order valence-electron chi connectivity index (χ2n) is 7.24. The van der Waals surface area contributed by atoms with Crippen LogP contribution >= 0.6 is 15.9 Å². The van der Waals surface area contributed by atoms with Gasteiger partial charge in [0.05, 0.1) is 30.7 Å². The Bertz CT molecular complexity index is 871. The van der Waals surface area contributed by atoms with Crippen molar-refractivity contribution in [3.05, 3.63) is 63.9 Å². The lowest BCUT2D eigenvalue weighted by Crippen LogP contribution is -2.43. The summed E-state index contributed by atoms with van der Waals surface area (Å²) >= 11 is 3.57. The first-order chi connectivity index (χ1) is 14.0. The molecule has 0 bridgehead atoms. The summed E-state index contributed by atoms with van der Waals surface area (Å²) in [5, 5.41) is 13.2. The molecule has 0 spiro atoms. The number of fused-ring (bicyclic) bond motifs is 1. The van der Waals surface area contributed by atoms with Gasteiger partial charge in [-0.15, -0.1) is 0 Å². The lowest BCUT2D eigenvalue weighted by Gasteiger charge is -2.25. The molecule has 154 valence electrons. The standard InChI is InChI=1S/C22H26BrN3O3/c1-14(27)13-25-20-11-15-6-7-16(23)12-17(15)22(19-5-3-4-10-24-19)26-18(20)8-9-21(28)29-2/h3-7,10,12,14,18,20,25,27H,8-9,11,13H2,1-2H3/t14?,18-,20?/m0/s1. The molecule has 1 aromatic carbocycles. The molecule has 29 heavy (non-hydrogen) atoms. The first-order valence-corrected chi connectivity index (χ1v) is 10.5. The first-order valence-electron chi connectivity index (χ1n) is 9.74. The molecule has 0 amide bonds. The van der Waals surface area contributed by atoms with Crippen LogP contribution < -0.4 is 5.32 Å². The number of aliphatic hydroxyl groups excluding tert-OH is 1. The van der Waals surface area contributed by atoms with Crippen molar-refractivity contribution >= 4 is 27.6 Å². The molecule has 0 fully saturated rings. The molecule has 2 heterocycles. The number of halogens is 1. The topological polar surface area (TPSA) is 83.8 Å². The minimum Gasteiger partial charge on any atom is -0.469 e. The molecule has 3 atom stereocenters. The van der Waals surface area contributed by atoms with Gasteiger partial charge in [0.25, 0.3) is 0 Å². The van der Waals surface area contributed by atoms with Gasteiger partial charge in [-0.2, -0.15) is 0 Å². The van der Waals surface area contributed by atoms with E-state index in [0.717, 1.165) is 33.4 Å². The van der Waals surface area contributed by atoms with Crippen LogP contribution in [0.4, 0.5) is 0 Å². The Labute approximate surface area is 179 Å². The Morgan fingerprint density at radius 1 is 1.38 bits per heavy atom. The van der Waals surface area contributed by atoms with Gasteiger partial charge in [0.1, 0.15) is 0 Å². The van der Waals surface area contributed by atoms with Gasteiger partial charge in [0.2, 0.25) is 0 Å². The Hall–Kier alpha value is -2.09. The van der Waals surface area contributed by atoms with Crippen LogP contribution in [-0.2, 0) is 16.0 Å². The van der Waals surface area contributed by atoms with E-state index in [4.69, 9.17) is 9.73 Å². The molecule has 0 saturated heterocycles. The molecule has 2 unspecified atom stereocenters. The van der Waals surface area contributed by atoms with Crippen molar-refractivity contribution in [3.63, 3.8) is 0 Å². The SMILES string of the molecule is COC(=O)CC[C@@H]1N=C(c2ccccn2)c2cc(Br)ccc2CC1NCC(C)O. The van der Waals surface area contributed by atoms with E-state index in [2.05, 4.69) is 38.4 Å². The van der Waals surface area contributed by atoms with Crippen molar-refractivity contribution in [1.82, 2.24) is 10.3 Å². The van der Waals surface area contributed by atoms with Gasteiger partial charge in [0, 0.05) is 35.2 Å². The number of hydrogen-bond donors (Lipinski definition) is 2. The molecule has 3 rings (SSSR count). The third-order valence-corrected chi connectivity index (χ3v) is 5.47. The van der Waals surface area contributed by atoms with E-state index >= 15 is 0 Å². The summed E-state index contributed by atoms with van der Waals surface area (Å²) in [6, 6.07) is 11.8. The number of pyridine rings is 1. The Balaban J connectivity index is 2.04. The number of ether oxygens (including phenoxy) is 1. The number of benzene rings is 1. The highest BCUT2D eigenvalue weighted by Crippen LogP contribution is 2.27. The summed E-state index contributed by atoms with van der Waals surface area (Å²) in [5.41, 5.74) is 3.80. The Morgan fingerprint density at radius 2 is 2.21 bits per heavy atom. The smallest absolute Gasteiger partial charge is 0.305 e. The minimum atomic E-state index is -0.469. The molecular weight excluding hydrogens is 434 g/mol. The van der Waals surface area contributed by atoms with Gasteiger partial charge in [-0.05, 0) is 49.6 Å². The summed E-state index contributed by atoms with van der Waals surface area (Å²) in [7, 11) is 1.40. The van der Waals surface area contributed by atoms with Crippen molar-refractivity contribution in [3.8, 4) is 0 Å².